The van der Waals surface area contributed by atoms with Crippen LogP contribution in [0.5, 0.6) is 0 Å². The molecule has 0 amide bonds. The molecular formula is C14H17N3OS. The van der Waals surface area contributed by atoms with E-state index in [4.69, 9.17) is 0 Å². The van der Waals surface area contributed by atoms with E-state index in [1.807, 2.05) is 6.07 Å². The van der Waals surface area contributed by atoms with Gasteiger partial charge in [0.2, 0.25) is 0 Å². The maximum atomic E-state index is 12.0. The predicted molar refractivity (Wildman–Crippen MR) is 77.8 cm³/mol. The minimum absolute atomic E-state index is 0.0270. The maximum Gasteiger partial charge on any atom is 0.268 e. The average molecular weight is 275 g/mol. The Morgan fingerprint density at radius 2 is 2.37 bits per heavy atom. The van der Waals surface area contributed by atoms with E-state index in [0.717, 1.165) is 12.1 Å². The first-order valence-corrected chi connectivity index (χ1v) is 7.55. The predicted octanol–water partition coefficient (Wildman–Crippen LogP) is 2.51. The second-order valence-corrected chi connectivity index (χ2v) is 5.94. The fourth-order valence-corrected chi connectivity index (χ4v) is 2.84. The van der Waals surface area contributed by atoms with E-state index in [0.29, 0.717) is 12.6 Å². The summed E-state index contributed by atoms with van der Waals surface area (Å²) >= 11 is 1.71. The lowest BCUT2D eigenvalue weighted by Gasteiger charge is -2.27. The molecular weight excluding hydrogens is 258 g/mol. The van der Waals surface area contributed by atoms with E-state index in [2.05, 4.69) is 21.9 Å². The van der Waals surface area contributed by atoms with Crippen molar-refractivity contribution in [2.24, 2.45) is 0 Å². The molecule has 0 bridgehead atoms. The van der Waals surface area contributed by atoms with Crippen LogP contribution in [0.2, 0.25) is 0 Å². The molecule has 0 atom stereocenters. The molecule has 1 saturated carbocycles. The number of hydrogen-bond donors (Lipinski definition) is 1. The molecule has 100 valence electrons. The van der Waals surface area contributed by atoms with Gasteiger partial charge in [0.15, 0.2) is 0 Å². The van der Waals surface area contributed by atoms with Crippen molar-refractivity contribution >= 4 is 17.0 Å². The Kier molecular flexibility index (Phi) is 3.64. The minimum Gasteiger partial charge on any atom is -0.381 e. The second kappa shape index (κ2) is 5.57. The quantitative estimate of drug-likeness (QED) is 0.912. The van der Waals surface area contributed by atoms with Gasteiger partial charge in [-0.3, -0.25) is 4.79 Å². The first kappa shape index (κ1) is 12.4. The van der Waals surface area contributed by atoms with Crippen molar-refractivity contribution in [2.75, 3.05) is 5.32 Å². The zero-order valence-electron chi connectivity index (χ0n) is 10.7. The van der Waals surface area contributed by atoms with Gasteiger partial charge < -0.3 is 5.32 Å². The first-order chi connectivity index (χ1) is 9.31. The van der Waals surface area contributed by atoms with Crippen LogP contribution in [-0.2, 0) is 13.0 Å². The van der Waals surface area contributed by atoms with Crippen LogP contribution in [0.1, 0.15) is 24.1 Å². The molecule has 1 N–H and O–H groups in total. The van der Waals surface area contributed by atoms with Crippen LogP contribution in [-0.4, -0.2) is 15.8 Å². The van der Waals surface area contributed by atoms with Crippen molar-refractivity contribution in [1.82, 2.24) is 9.78 Å². The first-order valence-electron chi connectivity index (χ1n) is 6.67. The van der Waals surface area contributed by atoms with E-state index in [1.165, 1.54) is 28.8 Å². The lowest BCUT2D eigenvalue weighted by molar-refractivity contribution is 0.445. The minimum atomic E-state index is -0.0270. The summed E-state index contributed by atoms with van der Waals surface area (Å²) in [5.74, 6) is 0. The number of aromatic nitrogens is 2. The molecule has 2 aromatic heterocycles. The lowest BCUT2D eigenvalue weighted by atomic mass is 9.93. The van der Waals surface area contributed by atoms with E-state index in [1.54, 1.807) is 23.6 Å². The van der Waals surface area contributed by atoms with E-state index in [-0.39, 0.29) is 5.56 Å². The highest BCUT2D eigenvalue weighted by atomic mass is 32.1. The smallest absolute Gasteiger partial charge is 0.268 e. The summed E-state index contributed by atoms with van der Waals surface area (Å²) in [5, 5.41) is 9.63. The number of aryl methyl sites for hydroxylation is 2. The van der Waals surface area contributed by atoms with Crippen LogP contribution in [0.25, 0.3) is 0 Å². The molecule has 2 heterocycles. The molecule has 0 radical (unpaired) electrons. The second-order valence-electron chi connectivity index (χ2n) is 4.91. The number of rotatable bonds is 5. The molecule has 0 aliphatic heterocycles. The molecule has 0 unspecified atom stereocenters. The van der Waals surface area contributed by atoms with Crippen molar-refractivity contribution in [1.29, 1.82) is 0 Å². The lowest BCUT2D eigenvalue weighted by Crippen LogP contribution is -2.29. The average Bonchev–Trinajstić information content (AvgIpc) is 2.86. The number of thiophene rings is 1. The number of nitrogens with zero attached hydrogens (tertiary/aromatic N) is 2. The summed E-state index contributed by atoms with van der Waals surface area (Å²) in [5.41, 5.74) is 0.822. The van der Waals surface area contributed by atoms with Gasteiger partial charge >= 0.3 is 0 Å². The topological polar surface area (TPSA) is 46.9 Å². The summed E-state index contributed by atoms with van der Waals surface area (Å²) in [4.78, 5) is 13.2. The van der Waals surface area contributed by atoms with Gasteiger partial charge in [0.05, 0.1) is 11.9 Å². The molecule has 0 spiro atoms. The monoisotopic (exact) mass is 275 g/mol. The summed E-state index contributed by atoms with van der Waals surface area (Å²) in [7, 11) is 0. The van der Waals surface area contributed by atoms with Crippen molar-refractivity contribution in [3.05, 3.63) is 45.0 Å². The summed E-state index contributed by atoms with van der Waals surface area (Å²) in [6.45, 7) is 0.642. The Morgan fingerprint density at radius 1 is 1.47 bits per heavy atom. The van der Waals surface area contributed by atoms with E-state index in [9.17, 15) is 4.79 Å². The molecule has 19 heavy (non-hydrogen) atoms. The van der Waals surface area contributed by atoms with Crippen LogP contribution < -0.4 is 10.9 Å². The molecule has 5 heteroatoms. The fourth-order valence-electron chi connectivity index (χ4n) is 2.14. The van der Waals surface area contributed by atoms with Gasteiger partial charge in [-0.25, -0.2) is 4.68 Å². The fraction of sp³-hybridized carbons (Fsp3) is 0.429. The standard InChI is InChI=1S/C14H17N3OS/c18-14-9-12(16-11-3-1-4-11)10-15-17(14)7-6-13-5-2-8-19-13/h2,5,8-11,16H,1,3-4,6-7H2. The van der Waals surface area contributed by atoms with Crippen molar-refractivity contribution < 1.29 is 0 Å². The molecule has 1 aliphatic carbocycles. The van der Waals surface area contributed by atoms with Gasteiger partial charge in [-0.05, 0) is 30.7 Å². The van der Waals surface area contributed by atoms with Crippen molar-refractivity contribution in [3.8, 4) is 0 Å². The third-order valence-corrected chi connectivity index (χ3v) is 4.43. The largest absolute Gasteiger partial charge is 0.381 e. The highest BCUT2D eigenvalue weighted by Gasteiger charge is 2.17. The Morgan fingerprint density at radius 3 is 3.00 bits per heavy atom. The van der Waals surface area contributed by atoms with Gasteiger partial charge in [-0.15, -0.1) is 11.3 Å². The third-order valence-electron chi connectivity index (χ3n) is 3.50. The van der Waals surface area contributed by atoms with Crippen molar-refractivity contribution in [3.63, 3.8) is 0 Å². The van der Waals surface area contributed by atoms with Crippen LogP contribution in [0, 0.1) is 0 Å². The SMILES string of the molecule is O=c1cc(NC2CCC2)cnn1CCc1cccs1. The van der Waals surface area contributed by atoms with Crippen LogP contribution in [0.3, 0.4) is 0 Å². The third kappa shape index (κ3) is 3.04. The molecule has 1 fully saturated rings. The summed E-state index contributed by atoms with van der Waals surface area (Å²) < 4.78 is 1.53. The van der Waals surface area contributed by atoms with Crippen LogP contribution in [0.15, 0.2) is 34.6 Å². The molecule has 0 saturated heterocycles. The van der Waals surface area contributed by atoms with Gasteiger partial charge in [-0.1, -0.05) is 6.07 Å². The van der Waals surface area contributed by atoms with Crippen molar-refractivity contribution in [2.45, 2.75) is 38.3 Å². The van der Waals surface area contributed by atoms with Crippen LogP contribution in [0.4, 0.5) is 5.69 Å². The number of nitrogens with one attached hydrogen (secondary N) is 1. The highest BCUT2D eigenvalue weighted by Crippen LogP contribution is 2.22. The zero-order chi connectivity index (χ0) is 13.1. The summed E-state index contributed by atoms with van der Waals surface area (Å²) in [6, 6.07) is 6.30. The molecule has 1 aliphatic rings. The normalized spacial score (nSPS) is 15.2. The Labute approximate surface area is 116 Å². The molecule has 0 aromatic carbocycles. The van der Waals surface area contributed by atoms with Gasteiger partial charge in [-0.2, -0.15) is 5.10 Å². The van der Waals surface area contributed by atoms with E-state index < -0.39 is 0 Å². The summed E-state index contributed by atoms with van der Waals surface area (Å²) in [6.07, 6.45) is 6.29. The molecule has 4 nitrogen and oxygen atoms in total. The molecule has 3 rings (SSSR count). The highest BCUT2D eigenvalue weighted by molar-refractivity contribution is 7.09. The van der Waals surface area contributed by atoms with Gasteiger partial charge in [0, 0.05) is 30.0 Å². The van der Waals surface area contributed by atoms with E-state index >= 15 is 0 Å². The number of anilines is 1. The Balaban J connectivity index is 1.63. The van der Waals surface area contributed by atoms with Gasteiger partial charge in [0.1, 0.15) is 0 Å². The maximum absolute atomic E-state index is 12.0. The molecule has 2 aromatic rings. The Hall–Kier alpha value is -1.62. The van der Waals surface area contributed by atoms with Gasteiger partial charge in [0.25, 0.3) is 5.56 Å². The number of hydrogen-bond acceptors (Lipinski definition) is 4. The van der Waals surface area contributed by atoms with Crippen LogP contribution >= 0.6 is 11.3 Å². The zero-order valence-corrected chi connectivity index (χ0v) is 11.5. The Bertz CT molecular complexity index is 587.